The topological polar surface area (TPSA) is 177 Å². The standard InChI is InChI=1S/C30H38N2O8.H2O.2H2/c1-17(35)8-25(36)22(15-34)20(6-7-33)9-19-10-21-24(32(2)3)13-23(30(38)29(21)26(37)11-19)31-14-18-4-5-27-28(12-18)40-16-39-27;;;/h4-5,12-13,19-20,22,31,33-34,38H,6-11,14-16H2,1-3H3;1H2;2*1H. The van der Waals surface area contributed by atoms with Gasteiger partial charge in [0, 0.05) is 48.1 Å². The number of phenolic OH excluding ortho intramolecular Hbond substituents is 1. The second kappa shape index (κ2) is 13.8. The number of ether oxygens (including phenoxy) is 2. The van der Waals surface area contributed by atoms with Crippen molar-refractivity contribution in [3.05, 3.63) is 41.0 Å². The zero-order valence-corrected chi connectivity index (χ0v) is 23.7. The highest BCUT2D eigenvalue weighted by Gasteiger charge is 2.36. The minimum atomic E-state index is -0.781. The maximum Gasteiger partial charge on any atom is 0.231 e. The van der Waals surface area contributed by atoms with Gasteiger partial charge in [0.25, 0.3) is 0 Å². The summed E-state index contributed by atoms with van der Waals surface area (Å²) in [6, 6.07) is 7.44. The molecular weight excluding hydrogens is 532 g/mol. The molecule has 0 bridgehead atoms. The molecule has 228 valence electrons. The van der Waals surface area contributed by atoms with E-state index in [0.29, 0.717) is 42.1 Å². The van der Waals surface area contributed by atoms with E-state index in [1.807, 2.05) is 43.3 Å². The fourth-order valence-corrected chi connectivity index (χ4v) is 5.85. The van der Waals surface area contributed by atoms with Crippen molar-refractivity contribution < 1.29 is 47.5 Å². The van der Waals surface area contributed by atoms with Crippen LogP contribution in [0, 0.1) is 17.8 Å². The molecule has 0 saturated carbocycles. The number of carbonyl (C=O) groups excluding carboxylic acids is 3. The zero-order chi connectivity index (χ0) is 29.0. The lowest BCUT2D eigenvalue weighted by atomic mass is 9.73. The van der Waals surface area contributed by atoms with Crippen LogP contribution in [-0.2, 0) is 22.6 Å². The highest BCUT2D eigenvalue weighted by molar-refractivity contribution is 6.04. The van der Waals surface area contributed by atoms with Crippen LogP contribution in [0.5, 0.6) is 17.2 Å². The number of ketones is 3. The van der Waals surface area contributed by atoms with Gasteiger partial charge in [-0.3, -0.25) is 14.4 Å². The molecule has 2 aromatic carbocycles. The third kappa shape index (κ3) is 7.16. The molecule has 0 saturated heterocycles. The molecule has 11 nitrogen and oxygen atoms in total. The Labute approximate surface area is 242 Å². The van der Waals surface area contributed by atoms with Crippen LogP contribution in [0.4, 0.5) is 11.4 Å². The zero-order valence-electron chi connectivity index (χ0n) is 23.7. The first-order valence-electron chi connectivity index (χ1n) is 13.6. The van der Waals surface area contributed by atoms with Crippen LogP contribution in [0.15, 0.2) is 24.3 Å². The largest absolute Gasteiger partial charge is 0.505 e. The molecule has 1 aliphatic heterocycles. The van der Waals surface area contributed by atoms with Crippen molar-refractivity contribution in [1.82, 2.24) is 0 Å². The Morgan fingerprint density at radius 3 is 2.54 bits per heavy atom. The highest BCUT2D eigenvalue weighted by atomic mass is 16.7. The number of hydrogen-bond acceptors (Lipinski definition) is 10. The Kier molecular flexibility index (Phi) is 10.7. The van der Waals surface area contributed by atoms with E-state index in [-0.39, 0.29) is 75.9 Å². The summed E-state index contributed by atoms with van der Waals surface area (Å²) in [6.45, 7) is 1.32. The molecule has 11 heteroatoms. The number of rotatable bonds is 13. The van der Waals surface area contributed by atoms with Gasteiger partial charge in [-0.1, -0.05) is 6.07 Å². The van der Waals surface area contributed by atoms with E-state index in [9.17, 15) is 29.7 Å². The number of Topliss-reactive ketones (excluding diaryl/α,β-unsaturated/α-hetero) is 3. The molecule has 0 fully saturated rings. The molecule has 3 unspecified atom stereocenters. The molecule has 6 N–H and O–H groups in total. The second-order valence-electron chi connectivity index (χ2n) is 10.9. The van der Waals surface area contributed by atoms with Crippen LogP contribution in [-0.4, -0.2) is 72.2 Å². The Hall–Kier alpha value is -3.67. The predicted octanol–water partition coefficient (Wildman–Crippen LogP) is 2.76. The Morgan fingerprint density at radius 2 is 1.88 bits per heavy atom. The SMILES string of the molecule is CC(=O)CC(=O)C(CO)C(CCO)CC1CC(=O)c2c(O)c(NCc3ccc4c(c3)OCO4)cc(N(C)C)c2C1.O.[HH].[HH]. The molecule has 41 heavy (non-hydrogen) atoms. The predicted molar refractivity (Wildman–Crippen MR) is 157 cm³/mol. The summed E-state index contributed by atoms with van der Waals surface area (Å²) < 4.78 is 10.8. The molecule has 0 amide bonds. The van der Waals surface area contributed by atoms with Crippen molar-refractivity contribution in [2.24, 2.45) is 17.8 Å². The molecule has 1 aliphatic carbocycles. The summed E-state index contributed by atoms with van der Waals surface area (Å²) in [5.74, 6) is -0.875. The summed E-state index contributed by atoms with van der Waals surface area (Å²) in [5, 5.41) is 34.1. The smallest absolute Gasteiger partial charge is 0.231 e. The molecule has 4 rings (SSSR count). The average molecular weight is 577 g/mol. The minimum absolute atomic E-state index is 0. The van der Waals surface area contributed by atoms with Gasteiger partial charge in [-0.2, -0.15) is 0 Å². The number of aromatic hydroxyl groups is 1. The first-order valence-corrected chi connectivity index (χ1v) is 13.6. The first kappa shape index (κ1) is 31.9. The molecule has 2 aliphatic rings. The number of fused-ring (bicyclic) bond motifs is 2. The van der Waals surface area contributed by atoms with E-state index < -0.39 is 12.5 Å². The number of benzene rings is 2. The summed E-state index contributed by atoms with van der Waals surface area (Å²) in [5.41, 5.74) is 3.19. The van der Waals surface area contributed by atoms with Crippen LogP contribution in [0.2, 0.25) is 0 Å². The maximum absolute atomic E-state index is 13.5. The Bertz CT molecular complexity index is 1290. The number of nitrogens with zero attached hydrogens (tertiary/aromatic N) is 1. The number of phenols is 1. The average Bonchev–Trinajstić information content (AvgIpc) is 3.36. The lowest BCUT2D eigenvalue weighted by Crippen LogP contribution is -2.33. The van der Waals surface area contributed by atoms with Gasteiger partial charge >= 0.3 is 0 Å². The third-order valence-electron chi connectivity index (χ3n) is 7.77. The molecule has 3 atom stereocenters. The molecule has 1 heterocycles. The normalized spacial score (nSPS) is 16.8. The van der Waals surface area contributed by atoms with E-state index in [0.717, 1.165) is 16.8 Å². The number of anilines is 2. The fraction of sp³-hybridized carbons (Fsp3) is 0.500. The van der Waals surface area contributed by atoms with Crippen LogP contribution < -0.4 is 19.7 Å². The number of hydrogen-bond donors (Lipinski definition) is 4. The van der Waals surface area contributed by atoms with Gasteiger partial charge < -0.3 is 40.5 Å². The summed E-state index contributed by atoms with van der Waals surface area (Å²) in [6.07, 6.45) is 1.10. The van der Waals surface area contributed by atoms with Gasteiger partial charge in [0.2, 0.25) is 6.79 Å². The minimum Gasteiger partial charge on any atom is -0.505 e. The molecule has 0 aromatic heterocycles. The van der Waals surface area contributed by atoms with Gasteiger partial charge in [0.1, 0.15) is 17.3 Å². The van der Waals surface area contributed by atoms with Crippen molar-refractivity contribution in [3.8, 4) is 17.2 Å². The molecule has 2 aromatic rings. The van der Waals surface area contributed by atoms with Crippen molar-refractivity contribution in [3.63, 3.8) is 0 Å². The molecule has 0 spiro atoms. The molecular formula is C30H44N2O9. The quantitative estimate of drug-likeness (QED) is 0.205. The summed E-state index contributed by atoms with van der Waals surface area (Å²) in [7, 11) is 3.75. The molecule has 0 radical (unpaired) electrons. The van der Waals surface area contributed by atoms with Gasteiger partial charge in [0.05, 0.1) is 24.3 Å². The Balaban J connectivity index is 0.00000308. The third-order valence-corrected chi connectivity index (χ3v) is 7.77. The lowest BCUT2D eigenvalue weighted by molar-refractivity contribution is -0.131. The van der Waals surface area contributed by atoms with E-state index in [1.165, 1.54) is 6.92 Å². The van der Waals surface area contributed by atoms with Crippen molar-refractivity contribution in [1.29, 1.82) is 0 Å². The van der Waals surface area contributed by atoms with Crippen molar-refractivity contribution in [2.45, 2.75) is 45.6 Å². The van der Waals surface area contributed by atoms with Crippen molar-refractivity contribution in [2.75, 3.05) is 44.3 Å². The van der Waals surface area contributed by atoms with Crippen LogP contribution in [0.1, 0.15) is 56.9 Å². The highest BCUT2D eigenvalue weighted by Crippen LogP contribution is 2.44. The van der Waals surface area contributed by atoms with Crippen LogP contribution >= 0.6 is 0 Å². The number of aliphatic hydroxyl groups excluding tert-OH is 2. The van der Waals surface area contributed by atoms with E-state index >= 15 is 0 Å². The monoisotopic (exact) mass is 576 g/mol. The van der Waals surface area contributed by atoms with Crippen LogP contribution in [0.25, 0.3) is 0 Å². The van der Waals surface area contributed by atoms with E-state index in [2.05, 4.69) is 5.32 Å². The van der Waals surface area contributed by atoms with Crippen molar-refractivity contribution >= 4 is 28.7 Å². The second-order valence-corrected chi connectivity index (χ2v) is 10.9. The van der Waals surface area contributed by atoms with Gasteiger partial charge in [0.15, 0.2) is 17.3 Å². The van der Waals surface area contributed by atoms with Gasteiger partial charge in [-0.05, 0) is 67.3 Å². The maximum atomic E-state index is 13.5. The number of carbonyl (C=O) groups is 3. The van der Waals surface area contributed by atoms with E-state index in [1.54, 1.807) is 0 Å². The lowest BCUT2D eigenvalue weighted by Gasteiger charge is -2.33. The number of nitrogens with one attached hydrogen (secondary N) is 1. The van der Waals surface area contributed by atoms with Crippen LogP contribution in [0.3, 0.4) is 0 Å². The number of aliphatic hydroxyl groups is 2. The Morgan fingerprint density at radius 1 is 1.15 bits per heavy atom. The summed E-state index contributed by atoms with van der Waals surface area (Å²) in [4.78, 5) is 39.5. The fourth-order valence-electron chi connectivity index (χ4n) is 5.85. The van der Waals surface area contributed by atoms with Gasteiger partial charge in [-0.15, -0.1) is 0 Å². The van der Waals surface area contributed by atoms with Gasteiger partial charge in [-0.25, -0.2) is 0 Å². The van der Waals surface area contributed by atoms with E-state index in [4.69, 9.17) is 9.47 Å². The first-order chi connectivity index (χ1) is 19.1. The summed E-state index contributed by atoms with van der Waals surface area (Å²) >= 11 is 0.